The van der Waals surface area contributed by atoms with Gasteiger partial charge in [-0.2, -0.15) is 0 Å². The van der Waals surface area contributed by atoms with Crippen molar-refractivity contribution in [3.63, 3.8) is 0 Å². The normalized spacial score (nSPS) is 12.7. The summed E-state index contributed by atoms with van der Waals surface area (Å²) in [6.07, 6.45) is 36.2. The molecule has 0 saturated heterocycles. The number of aryl methyl sites for hydroxylation is 5. The molecule has 0 aliphatic heterocycles. The van der Waals surface area contributed by atoms with Crippen LogP contribution in [0.5, 0.6) is 0 Å². The lowest BCUT2D eigenvalue weighted by Crippen LogP contribution is -2.26. The van der Waals surface area contributed by atoms with E-state index in [0.717, 1.165) is 53.3 Å². The van der Waals surface area contributed by atoms with Gasteiger partial charge in [-0.3, -0.25) is 4.98 Å². The van der Waals surface area contributed by atoms with Gasteiger partial charge in [-0.1, -0.05) is 187 Å². The van der Waals surface area contributed by atoms with Crippen LogP contribution in [0, 0.1) is 27.7 Å². The smallest absolute Gasteiger partial charge is 0.165 e. The zero-order valence-electron chi connectivity index (χ0n) is 47.4. The monoisotopic (exact) mass is 979 g/mol. The Morgan fingerprint density at radius 1 is 0.356 bits per heavy atom. The van der Waals surface area contributed by atoms with E-state index in [4.69, 9.17) is 19.9 Å². The number of nitrogens with zero attached hydrogens (tertiary/aromatic N) is 4. The molecule has 0 amide bonds. The first-order valence-electron chi connectivity index (χ1n) is 29.9. The summed E-state index contributed by atoms with van der Waals surface area (Å²) in [5.74, 6) is 2.10. The van der Waals surface area contributed by atoms with Crippen molar-refractivity contribution in [2.24, 2.45) is 0 Å². The van der Waals surface area contributed by atoms with Crippen LogP contribution in [0.4, 0.5) is 0 Å². The SMILES string of the molecule is CCCCCCCCC1(CCCCCCCC)c2cc(CCCC)ccc2-c2ccc(-c3ccc(-c4nc(-c5cc(C)c(CCCCCC)c(C)c5)nc(-c5cc(C)c(CCCCCC)c(C)c5)n4)cn3)cc21. The summed E-state index contributed by atoms with van der Waals surface area (Å²) in [5.41, 5.74) is 20.9. The quantitative estimate of drug-likeness (QED) is 0.0407. The topological polar surface area (TPSA) is 51.6 Å². The van der Waals surface area contributed by atoms with Gasteiger partial charge in [-0.25, -0.2) is 15.0 Å². The lowest BCUT2D eigenvalue weighted by molar-refractivity contribution is 0.397. The Bertz CT molecular complexity index is 2520. The van der Waals surface area contributed by atoms with Gasteiger partial charge in [-0.15, -0.1) is 0 Å². The Kier molecular flexibility index (Phi) is 21.5. The van der Waals surface area contributed by atoms with Gasteiger partial charge in [0, 0.05) is 33.9 Å². The molecule has 0 atom stereocenters. The third-order valence-corrected chi connectivity index (χ3v) is 16.6. The number of aromatic nitrogens is 4. The van der Waals surface area contributed by atoms with E-state index in [1.807, 2.05) is 6.20 Å². The van der Waals surface area contributed by atoms with Crippen molar-refractivity contribution >= 4 is 0 Å². The van der Waals surface area contributed by atoms with Crippen LogP contribution in [-0.4, -0.2) is 19.9 Å². The zero-order valence-corrected chi connectivity index (χ0v) is 47.4. The molecule has 4 aromatic carbocycles. The largest absolute Gasteiger partial charge is 0.255 e. The Labute approximate surface area is 444 Å². The van der Waals surface area contributed by atoms with Gasteiger partial charge >= 0.3 is 0 Å². The molecule has 0 radical (unpaired) electrons. The number of hydrogen-bond acceptors (Lipinski definition) is 4. The highest BCUT2D eigenvalue weighted by Gasteiger charge is 2.42. The first-order valence-corrected chi connectivity index (χ1v) is 29.9. The van der Waals surface area contributed by atoms with Crippen molar-refractivity contribution in [3.8, 4) is 56.5 Å². The summed E-state index contributed by atoms with van der Waals surface area (Å²) in [6.45, 7) is 20.6. The molecule has 2 aromatic heterocycles. The first-order chi connectivity index (χ1) is 35.6. The molecule has 1 aliphatic rings. The van der Waals surface area contributed by atoms with E-state index < -0.39 is 0 Å². The standard InChI is InChI=1S/C69H94N4/c1-10-15-20-24-26-30-41-69(42-31-27-25-21-16-11-2)63-47-54(32-19-14-5)35-38-61(63)62-39-36-55(48-64(62)69)65-40-37-56(49-70-65)66-71-67(57-43-50(6)59(51(7)44-57)33-28-22-17-12-3)73-68(72-66)58-45-52(8)60(53(9)46-58)34-29-23-18-13-4/h35-40,43-49H,10-34,41-42H2,1-9H3. The van der Waals surface area contributed by atoms with E-state index in [-0.39, 0.29) is 5.41 Å². The Balaban J connectivity index is 1.26. The third kappa shape index (κ3) is 14.3. The van der Waals surface area contributed by atoms with Crippen molar-refractivity contribution in [1.82, 2.24) is 19.9 Å². The molecular formula is C69H94N4. The van der Waals surface area contributed by atoms with Crippen LogP contribution in [0.2, 0.25) is 0 Å². The molecule has 2 heterocycles. The fourth-order valence-electron chi connectivity index (χ4n) is 12.3. The number of rotatable bonds is 31. The molecule has 0 fully saturated rings. The van der Waals surface area contributed by atoms with Crippen LogP contribution < -0.4 is 0 Å². The molecule has 0 N–H and O–H groups in total. The maximum Gasteiger partial charge on any atom is 0.165 e. The highest BCUT2D eigenvalue weighted by Crippen LogP contribution is 2.55. The minimum absolute atomic E-state index is 0.0178. The highest BCUT2D eigenvalue weighted by atomic mass is 15.0. The molecule has 6 aromatic rings. The summed E-state index contributed by atoms with van der Waals surface area (Å²) in [4.78, 5) is 21.1. The average Bonchev–Trinajstić information content (AvgIpc) is 3.66. The Morgan fingerprint density at radius 2 is 0.767 bits per heavy atom. The van der Waals surface area contributed by atoms with E-state index in [2.05, 4.69) is 135 Å². The molecule has 0 unspecified atom stereocenters. The Morgan fingerprint density at radius 3 is 1.23 bits per heavy atom. The first kappa shape index (κ1) is 55.8. The van der Waals surface area contributed by atoms with Crippen molar-refractivity contribution in [3.05, 3.63) is 129 Å². The second kappa shape index (κ2) is 28.1. The summed E-state index contributed by atoms with van der Waals surface area (Å²) in [5, 5.41) is 0. The minimum atomic E-state index is 0.0178. The molecule has 0 saturated carbocycles. The van der Waals surface area contributed by atoms with E-state index in [9.17, 15) is 0 Å². The van der Waals surface area contributed by atoms with Gasteiger partial charge in [0.25, 0.3) is 0 Å². The van der Waals surface area contributed by atoms with Crippen molar-refractivity contribution in [2.45, 2.75) is 241 Å². The van der Waals surface area contributed by atoms with Crippen molar-refractivity contribution in [1.29, 1.82) is 0 Å². The highest BCUT2D eigenvalue weighted by molar-refractivity contribution is 5.84. The second-order valence-corrected chi connectivity index (χ2v) is 22.4. The number of fused-ring (bicyclic) bond motifs is 3. The molecule has 0 bridgehead atoms. The average molecular weight is 980 g/mol. The zero-order chi connectivity index (χ0) is 51.6. The molecule has 73 heavy (non-hydrogen) atoms. The van der Waals surface area contributed by atoms with Crippen LogP contribution in [0.25, 0.3) is 56.5 Å². The lowest BCUT2D eigenvalue weighted by Gasteiger charge is -2.33. The molecular weight excluding hydrogens is 885 g/mol. The van der Waals surface area contributed by atoms with Crippen LogP contribution >= 0.6 is 0 Å². The molecule has 0 spiro atoms. The fourth-order valence-corrected chi connectivity index (χ4v) is 12.3. The predicted octanol–water partition coefficient (Wildman–Crippen LogP) is 20.5. The minimum Gasteiger partial charge on any atom is -0.255 e. The fraction of sp³-hybridized carbons (Fsp3) is 0.536. The maximum absolute atomic E-state index is 5.28. The third-order valence-electron chi connectivity index (χ3n) is 16.6. The molecule has 4 heteroatoms. The van der Waals surface area contributed by atoms with Crippen molar-refractivity contribution in [2.75, 3.05) is 0 Å². The van der Waals surface area contributed by atoms with E-state index >= 15 is 0 Å². The number of pyridine rings is 1. The summed E-state index contributed by atoms with van der Waals surface area (Å²) >= 11 is 0. The van der Waals surface area contributed by atoms with E-state index in [1.54, 1.807) is 5.56 Å². The molecule has 1 aliphatic carbocycles. The summed E-state index contributed by atoms with van der Waals surface area (Å²) in [6, 6.07) is 28.5. The summed E-state index contributed by atoms with van der Waals surface area (Å²) < 4.78 is 0. The molecule has 390 valence electrons. The van der Waals surface area contributed by atoms with Gasteiger partial charge in [0.2, 0.25) is 0 Å². The maximum atomic E-state index is 5.28. The number of unbranched alkanes of at least 4 members (excludes halogenated alkanes) is 17. The molecule has 7 rings (SSSR count). The van der Waals surface area contributed by atoms with Gasteiger partial charge in [0.15, 0.2) is 17.5 Å². The van der Waals surface area contributed by atoms with Crippen LogP contribution in [-0.2, 0) is 24.7 Å². The van der Waals surface area contributed by atoms with E-state index in [0.29, 0.717) is 5.82 Å². The van der Waals surface area contributed by atoms with E-state index in [1.165, 1.54) is 215 Å². The number of hydrogen-bond donors (Lipinski definition) is 0. The van der Waals surface area contributed by atoms with Crippen LogP contribution in [0.15, 0.2) is 79.0 Å². The Hall–Kier alpha value is -4.96. The number of benzene rings is 4. The lowest BCUT2D eigenvalue weighted by atomic mass is 9.70. The summed E-state index contributed by atoms with van der Waals surface area (Å²) in [7, 11) is 0. The second-order valence-electron chi connectivity index (χ2n) is 22.4. The predicted molar refractivity (Wildman–Crippen MR) is 315 cm³/mol. The van der Waals surface area contributed by atoms with Crippen molar-refractivity contribution < 1.29 is 0 Å². The van der Waals surface area contributed by atoms with Crippen LogP contribution in [0.1, 0.15) is 239 Å². The van der Waals surface area contributed by atoms with Gasteiger partial charge in [-0.05, 0) is 183 Å². The van der Waals surface area contributed by atoms with Crippen LogP contribution in [0.3, 0.4) is 0 Å². The van der Waals surface area contributed by atoms with Gasteiger partial charge in [0.05, 0.1) is 5.69 Å². The van der Waals surface area contributed by atoms with Gasteiger partial charge in [0.1, 0.15) is 0 Å². The van der Waals surface area contributed by atoms with Gasteiger partial charge < -0.3 is 0 Å². The molecule has 4 nitrogen and oxygen atoms in total.